The number of anilines is 1. The predicted octanol–water partition coefficient (Wildman–Crippen LogP) is 5.08. The van der Waals surface area contributed by atoms with Gasteiger partial charge in [-0.3, -0.25) is 9.59 Å². The number of carbonyl (C=O) groups is 2. The lowest BCUT2D eigenvalue weighted by Gasteiger charge is -2.29. The molecule has 1 aliphatic carbocycles. The van der Waals surface area contributed by atoms with Crippen LogP contribution in [0.2, 0.25) is 0 Å². The standard InChI is InChI=1S/C24H25FN2O2S/c25-20-9-5-4-8-19(20)15-27-21-14-18(10-11-22(21)30-16-23(27)28)24(29)26-13-12-17-6-2-1-3-7-17/h4-6,8-11,14H,1-3,7,12-13,15-16H2,(H,26,29). The Morgan fingerprint density at radius 1 is 1.17 bits per heavy atom. The molecule has 2 aromatic rings. The maximum absolute atomic E-state index is 14.1. The number of rotatable bonds is 6. The second-order valence-corrected chi connectivity index (χ2v) is 8.67. The summed E-state index contributed by atoms with van der Waals surface area (Å²) in [6, 6.07) is 11.9. The van der Waals surface area contributed by atoms with Gasteiger partial charge in [0.15, 0.2) is 0 Å². The van der Waals surface area contributed by atoms with E-state index in [1.165, 1.54) is 36.2 Å². The first-order valence-electron chi connectivity index (χ1n) is 10.4. The molecule has 30 heavy (non-hydrogen) atoms. The van der Waals surface area contributed by atoms with E-state index in [4.69, 9.17) is 0 Å². The highest BCUT2D eigenvalue weighted by molar-refractivity contribution is 8.00. The van der Waals surface area contributed by atoms with Crippen molar-refractivity contribution in [1.82, 2.24) is 5.32 Å². The van der Waals surface area contributed by atoms with E-state index in [1.807, 2.05) is 6.07 Å². The summed E-state index contributed by atoms with van der Waals surface area (Å²) in [6.07, 6.45) is 7.92. The van der Waals surface area contributed by atoms with Gasteiger partial charge in [-0.05, 0) is 56.4 Å². The number of hydrogen-bond donors (Lipinski definition) is 1. The molecule has 0 aromatic heterocycles. The van der Waals surface area contributed by atoms with E-state index in [2.05, 4.69) is 11.4 Å². The molecule has 1 heterocycles. The molecule has 0 saturated heterocycles. The Morgan fingerprint density at radius 2 is 2.03 bits per heavy atom. The molecule has 4 nitrogen and oxygen atoms in total. The molecule has 1 N–H and O–H groups in total. The van der Waals surface area contributed by atoms with Crippen LogP contribution in [-0.4, -0.2) is 24.1 Å². The molecule has 0 spiro atoms. The van der Waals surface area contributed by atoms with Gasteiger partial charge in [-0.2, -0.15) is 0 Å². The normalized spacial score (nSPS) is 16.1. The third-order valence-electron chi connectivity index (χ3n) is 5.57. The van der Waals surface area contributed by atoms with Crippen LogP contribution in [0.3, 0.4) is 0 Å². The Morgan fingerprint density at radius 3 is 2.83 bits per heavy atom. The number of hydrogen-bond acceptors (Lipinski definition) is 3. The molecule has 2 aromatic carbocycles. The molecule has 0 bridgehead atoms. The topological polar surface area (TPSA) is 49.4 Å². The van der Waals surface area contributed by atoms with Gasteiger partial charge in [0.05, 0.1) is 18.0 Å². The summed E-state index contributed by atoms with van der Waals surface area (Å²) in [5.41, 5.74) is 3.06. The van der Waals surface area contributed by atoms with Gasteiger partial charge in [-0.25, -0.2) is 4.39 Å². The first-order chi connectivity index (χ1) is 14.6. The summed E-state index contributed by atoms with van der Waals surface area (Å²) in [7, 11) is 0. The van der Waals surface area contributed by atoms with Gasteiger partial charge < -0.3 is 10.2 Å². The zero-order chi connectivity index (χ0) is 20.9. The monoisotopic (exact) mass is 424 g/mol. The third kappa shape index (κ3) is 4.75. The Labute approximate surface area is 180 Å². The van der Waals surface area contributed by atoms with Gasteiger partial charge in [-0.15, -0.1) is 11.8 Å². The van der Waals surface area contributed by atoms with E-state index in [-0.39, 0.29) is 24.2 Å². The average Bonchev–Trinajstić information content (AvgIpc) is 2.77. The number of allylic oxidation sites excluding steroid dienone is 1. The van der Waals surface area contributed by atoms with E-state index in [0.29, 0.717) is 29.1 Å². The predicted molar refractivity (Wildman–Crippen MR) is 118 cm³/mol. The van der Waals surface area contributed by atoms with Crippen molar-refractivity contribution in [2.24, 2.45) is 0 Å². The van der Waals surface area contributed by atoms with Crippen molar-refractivity contribution in [3.63, 3.8) is 0 Å². The highest BCUT2D eigenvalue weighted by Crippen LogP contribution is 2.37. The van der Waals surface area contributed by atoms with Gasteiger partial charge in [0, 0.05) is 22.6 Å². The lowest BCUT2D eigenvalue weighted by molar-refractivity contribution is -0.116. The maximum atomic E-state index is 14.1. The minimum Gasteiger partial charge on any atom is -0.352 e. The van der Waals surface area contributed by atoms with Crippen molar-refractivity contribution in [2.75, 3.05) is 17.2 Å². The Hall–Kier alpha value is -2.60. The van der Waals surface area contributed by atoms with Crippen molar-refractivity contribution in [3.8, 4) is 0 Å². The van der Waals surface area contributed by atoms with Gasteiger partial charge in [-0.1, -0.05) is 29.8 Å². The highest BCUT2D eigenvalue weighted by Gasteiger charge is 2.26. The summed E-state index contributed by atoms with van der Waals surface area (Å²) in [5, 5.41) is 2.99. The molecule has 2 amide bonds. The number of benzene rings is 2. The van der Waals surface area contributed by atoms with Crippen molar-refractivity contribution < 1.29 is 14.0 Å². The van der Waals surface area contributed by atoms with E-state index < -0.39 is 0 Å². The third-order valence-corrected chi connectivity index (χ3v) is 6.61. The fourth-order valence-corrected chi connectivity index (χ4v) is 4.80. The van der Waals surface area contributed by atoms with Crippen LogP contribution in [0.5, 0.6) is 0 Å². The van der Waals surface area contributed by atoms with Crippen LogP contribution < -0.4 is 10.2 Å². The molecule has 6 heteroatoms. The second-order valence-electron chi connectivity index (χ2n) is 7.66. The average molecular weight is 425 g/mol. The number of nitrogens with one attached hydrogen (secondary N) is 1. The molecule has 156 valence electrons. The Kier molecular flexibility index (Phi) is 6.53. The zero-order valence-corrected chi connectivity index (χ0v) is 17.6. The molecule has 4 rings (SSSR count). The fraction of sp³-hybridized carbons (Fsp3) is 0.333. The van der Waals surface area contributed by atoms with Gasteiger partial charge in [0.25, 0.3) is 5.91 Å². The van der Waals surface area contributed by atoms with Crippen molar-refractivity contribution in [3.05, 3.63) is 71.1 Å². The second kappa shape index (κ2) is 9.47. The molecule has 2 aliphatic rings. The molecular weight excluding hydrogens is 399 g/mol. The molecule has 0 radical (unpaired) electrons. The summed E-state index contributed by atoms with van der Waals surface area (Å²) in [4.78, 5) is 27.8. The summed E-state index contributed by atoms with van der Waals surface area (Å²) in [5.74, 6) is -0.265. The van der Waals surface area contributed by atoms with Crippen molar-refractivity contribution >= 4 is 29.3 Å². The van der Waals surface area contributed by atoms with E-state index >= 15 is 0 Å². The van der Waals surface area contributed by atoms with E-state index in [9.17, 15) is 14.0 Å². The van der Waals surface area contributed by atoms with E-state index in [1.54, 1.807) is 35.2 Å². The van der Waals surface area contributed by atoms with Crippen LogP contribution in [-0.2, 0) is 11.3 Å². The number of carbonyl (C=O) groups excluding carboxylic acids is 2. The van der Waals surface area contributed by atoms with Crippen molar-refractivity contribution in [1.29, 1.82) is 0 Å². The summed E-state index contributed by atoms with van der Waals surface area (Å²) >= 11 is 1.45. The molecule has 0 saturated carbocycles. The first kappa shape index (κ1) is 20.7. The van der Waals surface area contributed by atoms with Crippen LogP contribution in [0.1, 0.15) is 48.0 Å². The Balaban J connectivity index is 1.48. The molecule has 1 aliphatic heterocycles. The molecular formula is C24H25FN2O2S. The van der Waals surface area contributed by atoms with Crippen LogP contribution >= 0.6 is 11.8 Å². The Bertz CT molecular complexity index is 989. The van der Waals surface area contributed by atoms with Crippen LogP contribution in [0, 0.1) is 5.82 Å². The van der Waals surface area contributed by atoms with Gasteiger partial charge in [0.1, 0.15) is 5.82 Å². The lowest BCUT2D eigenvalue weighted by atomic mass is 9.97. The number of nitrogens with zero attached hydrogens (tertiary/aromatic N) is 1. The van der Waals surface area contributed by atoms with Crippen molar-refractivity contribution in [2.45, 2.75) is 43.5 Å². The molecule has 0 fully saturated rings. The fourth-order valence-electron chi connectivity index (χ4n) is 3.88. The molecule has 0 atom stereocenters. The molecule has 0 unspecified atom stereocenters. The number of amides is 2. The number of halogens is 1. The van der Waals surface area contributed by atoms with Crippen LogP contribution in [0.4, 0.5) is 10.1 Å². The summed E-state index contributed by atoms with van der Waals surface area (Å²) < 4.78 is 14.1. The van der Waals surface area contributed by atoms with Gasteiger partial charge in [0.2, 0.25) is 5.91 Å². The highest BCUT2D eigenvalue weighted by atomic mass is 32.2. The largest absolute Gasteiger partial charge is 0.352 e. The van der Waals surface area contributed by atoms with Gasteiger partial charge >= 0.3 is 0 Å². The summed E-state index contributed by atoms with van der Waals surface area (Å²) in [6.45, 7) is 0.757. The van der Waals surface area contributed by atoms with Crippen LogP contribution in [0.15, 0.2) is 59.0 Å². The van der Waals surface area contributed by atoms with E-state index in [0.717, 1.165) is 24.2 Å². The number of thioether (sulfide) groups is 1. The SMILES string of the molecule is O=C(NCCC1=CCCCC1)c1ccc2c(c1)N(Cc1ccccc1F)C(=O)CS2. The minimum atomic E-state index is -0.337. The minimum absolute atomic E-state index is 0.0856. The smallest absolute Gasteiger partial charge is 0.251 e. The first-order valence-corrected chi connectivity index (χ1v) is 11.4. The quantitative estimate of drug-likeness (QED) is 0.658. The van der Waals surface area contributed by atoms with Crippen LogP contribution in [0.25, 0.3) is 0 Å². The number of fused-ring (bicyclic) bond motifs is 1. The zero-order valence-electron chi connectivity index (χ0n) is 16.8. The lowest BCUT2D eigenvalue weighted by Crippen LogP contribution is -2.35. The maximum Gasteiger partial charge on any atom is 0.251 e.